The van der Waals surface area contributed by atoms with Gasteiger partial charge in [0.2, 0.25) is 0 Å². The monoisotopic (exact) mass is 279 g/mol. The summed E-state index contributed by atoms with van der Waals surface area (Å²) in [6.45, 7) is 3.43. The molecule has 2 rings (SSSR count). The molecule has 1 saturated heterocycles. The Hall–Kier alpha value is -1.26. The van der Waals surface area contributed by atoms with E-state index in [1.165, 1.54) is 6.42 Å². The van der Waals surface area contributed by atoms with Crippen molar-refractivity contribution in [3.63, 3.8) is 0 Å². The van der Waals surface area contributed by atoms with Crippen LogP contribution in [0.4, 0.5) is 0 Å². The molecule has 4 nitrogen and oxygen atoms in total. The Morgan fingerprint density at radius 3 is 2.85 bits per heavy atom. The fourth-order valence-corrected chi connectivity index (χ4v) is 2.45. The third-order valence-electron chi connectivity index (χ3n) is 3.48. The maximum absolute atomic E-state index is 5.85. The maximum Gasteiger partial charge on any atom is 0.161 e. The van der Waals surface area contributed by atoms with Crippen molar-refractivity contribution in [2.24, 2.45) is 5.73 Å². The normalized spacial score (nSPS) is 20.4. The summed E-state index contributed by atoms with van der Waals surface area (Å²) in [6, 6.07) is 6.14. The molecule has 0 spiro atoms. The Balaban J connectivity index is 1.95. The highest BCUT2D eigenvalue weighted by Gasteiger charge is 2.15. The van der Waals surface area contributed by atoms with Crippen molar-refractivity contribution < 1.29 is 14.2 Å². The molecule has 4 heteroatoms. The van der Waals surface area contributed by atoms with Crippen LogP contribution in [0.15, 0.2) is 18.2 Å². The molecule has 1 heterocycles. The molecule has 0 aliphatic carbocycles. The maximum atomic E-state index is 5.85. The van der Waals surface area contributed by atoms with E-state index >= 15 is 0 Å². The summed E-state index contributed by atoms with van der Waals surface area (Å²) in [5, 5.41) is 0. The summed E-state index contributed by atoms with van der Waals surface area (Å²) < 4.78 is 16.9. The smallest absolute Gasteiger partial charge is 0.161 e. The van der Waals surface area contributed by atoms with Crippen molar-refractivity contribution in [1.82, 2.24) is 0 Å². The van der Waals surface area contributed by atoms with Crippen molar-refractivity contribution >= 4 is 0 Å². The number of hydrogen-bond donors (Lipinski definition) is 1. The van der Waals surface area contributed by atoms with Crippen molar-refractivity contribution in [2.45, 2.75) is 44.8 Å². The second kappa shape index (κ2) is 7.50. The molecule has 2 atom stereocenters. The zero-order valence-electron chi connectivity index (χ0n) is 12.4. The molecule has 1 aliphatic rings. The molecule has 1 aromatic rings. The lowest BCUT2D eigenvalue weighted by atomic mass is 10.1. The van der Waals surface area contributed by atoms with Gasteiger partial charge in [-0.2, -0.15) is 0 Å². The Morgan fingerprint density at radius 1 is 1.35 bits per heavy atom. The van der Waals surface area contributed by atoms with Crippen LogP contribution >= 0.6 is 0 Å². The van der Waals surface area contributed by atoms with Crippen LogP contribution in [0.5, 0.6) is 11.5 Å². The third kappa shape index (κ3) is 4.39. The molecule has 0 amide bonds. The summed E-state index contributed by atoms with van der Waals surface area (Å²) in [5.74, 6) is 1.54. The van der Waals surface area contributed by atoms with Gasteiger partial charge in [-0.25, -0.2) is 0 Å². The minimum Gasteiger partial charge on any atom is -0.493 e. The molecule has 0 bridgehead atoms. The van der Waals surface area contributed by atoms with E-state index in [0.29, 0.717) is 6.61 Å². The molecule has 112 valence electrons. The van der Waals surface area contributed by atoms with Crippen molar-refractivity contribution in [3.8, 4) is 11.5 Å². The van der Waals surface area contributed by atoms with Crippen LogP contribution in [0, 0.1) is 0 Å². The first kappa shape index (κ1) is 15.1. The first-order valence-corrected chi connectivity index (χ1v) is 7.36. The van der Waals surface area contributed by atoms with Crippen LogP contribution in [0.3, 0.4) is 0 Å². The Morgan fingerprint density at radius 2 is 2.20 bits per heavy atom. The van der Waals surface area contributed by atoms with E-state index in [1.54, 1.807) is 7.11 Å². The number of rotatable bonds is 6. The molecule has 20 heavy (non-hydrogen) atoms. The molecular formula is C16H25NO3. The van der Waals surface area contributed by atoms with E-state index in [0.717, 1.165) is 42.9 Å². The van der Waals surface area contributed by atoms with E-state index in [9.17, 15) is 0 Å². The summed E-state index contributed by atoms with van der Waals surface area (Å²) in [6.07, 6.45) is 4.50. The quantitative estimate of drug-likeness (QED) is 0.869. The lowest BCUT2D eigenvalue weighted by molar-refractivity contribution is -0.0114. The third-order valence-corrected chi connectivity index (χ3v) is 3.48. The van der Waals surface area contributed by atoms with E-state index in [1.807, 2.05) is 25.1 Å². The Kier molecular flexibility index (Phi) is 5.68. The summed E-state index contributed by atoms with van der Waals surface area (Å²) >= 11 is 0. The lowest BCUT2D eigenvalue weighted by Crippen LogP contribution is -2.25. The topological polar surface area (TPSA) is 53.7 Å². The van der Waals surface area contributed by atoms with Crippen molar-refractivity contribution in [2.75, 3.05) is 20.3 Å². The van der Waals surface area contributed by atoms with Gasteiger partial charge in [-0.15, -0.1) is 0 Å². The van der Waals surface area contributed by atoms with E-state index in [4.69, 9.17) is 19.9 Å². The fourth-order valence-electron chi connectivity index (χ4n) is 2.45. The van der Waals surface area contributed by atoms with Crippen LogP contribution in [0.2, 0.25) is 0 Å². The van der Waals surface area contributed by atoms with Gasteiger partial charge in [-0.3, -0.25) is 0 Å². The van der Waals surface area contributed by atoms with Gasteiger partial charge in [-0.05, 0) is 50.3 Å². The van der Waals surface area contributed by atoms with Gasteiger partial charge in [0.1, 0.15) is 6.61 Å². The second-order valence-electron chi connectivity index (χ2n) is 5.47. The van der Waals surface area contributed by atoms with Gasteiger partial charge in [0.15, 0.2) is 11.5 Å². The summed E-state index contributed by atoms with van der Waals surface area (Å²) in [7, 11) is 1.66. The van der Waals surface area contributed by atoms with Gasteiger partial charge < -0.3 is 19.9 Å². The van der Waals surface area contributed by atoms with E-state index in [-0.39, 0.29) is 12.1 Å². The lowest BCUT2D eigenvalue weighted by Gasteiger charge is -2.23. The van der Waals surface area contributed by atoms with Crippen LogP contribution in [-0.4, -0.2) is 32.5 Å². The van der Waals surface area contributed by atoms with Gasteiger partial charge in [0, 0.05) is 12.6 Å². The van der Waals surface area contributed by atoms with Crippen LogP contribution in [0.25, 0.3) is 0 Å². The first-order valence-electron chi connectivity index (χ1n) is 7.36. The van der Waals surface area contributed by atoms with Crippen molar-refractivity contribution in [3.05, 3.63) is 23.8 Å². The van der Waals surface area contributed by atoms with Crippen LogP contribution in [-0.2, 0) is 11.2 Å². The molecule has 0 saturated carbocycles. The largest absolute Gasteiger partial charge is 0.493 e. The van der Waals surface area contributed by atoms with Crippen LogP contribution < -0.4 is 15.2 Å². The minimum atomic E-state index is 0.141. The number of benzene rings is 1. The van der Waals surface area contributed by atoms with E-state index in [2.05, 4.69) is 0 Å². The van der Waals surface area contributed by atoms with E-state index < -0.39 is 0 Å². The molecule has 1 aliphatic heterocycles. The SMILES string of the molecule is COc1cc(CC(C)N)ccc1OCC1CCCCO1. The molecule has 1 aromatic carbocycles. The molecule has 0 aromatic heterocycles. The molecule has 2 unspecified atom stereocenters. The molecular weight excluding hydrogens is 254 g/mol. The highest BCUT2D eigenvalue weighted by Crippen LogP contribution is 2.29. The fraction of sp³-hybridized carbons (Fsp3) is 0.625. The predicted octanol–water partition coefficient (Wildman–Crippen LogP) is 2.53. The van der Waals surface area contributed by atoms with Crippen molar-refractivity contribution in [1.29, 1.82) is 0 Å². The number of methoxy groups -OCH3 is 1. The number of ether oxygens (including phenoxy) is 3. The summed E-state index contributed by atoms with van der Waals surface area (Å²) in [5.41, 5.74) is 6.99. The number of hydrogen-bond acceptors (Lipinski definition) is 4. The van der Waals surface area contributed by atoms with Gasteiger partial charge in [0.25, 0.3) is 0 Å². The Labute approximate surface area is 121 Å². The highest BCUT2D eigenvalue weighted by atomic mass is 16.5. The average Bonchev–Trinajstić information content (AvgIpc) is 2.46. The Bertz CT molecular complexity index is 414. The van der Waals surface area contributed by atoms with Gasteiger partial charge in [-0.1, -0.05) is 6.07 Å². The van der Waals surface area contributed by atoms with Gasteiger partial charge in [0.05, 0.1) is 13.2 Å². The van der Waals surface area contributed by atoms with Gasteiger partial charge >= 0.3 is 0 Å². The number of nitrogens with two attached hydrogens (primary N) is 1. The summed E-state index contributed by atoms with van der Waals surface area (Å²) in [4.78, 5) is 0. The highest BCUT2D eigenvalue weighted by molar-refractivity contribution is 5.43. The molecule has 1 fully saturated rings. The predicted molar refractivity (Wildman–Crippen MR) is 79.4 cm³/mol. The zero-order chi connectivity index (χ0) is 14.4. The molecule has 2 N–H and O–H groups in total. The van der Waals surface area contributed by atoms with Crippen LogP contribution in [0.1, 0.15) is 31.7 Å². The first-order chi connectivity index (χ1) is 9.69. The second-order valence-corrected chi connectivity index (χ2v) is 5.47. The standard InChI is InChI=1S/C16H25NO3/c1-12(17)9-13-6-7-15(16(10-13)18-2)20-11-14-5-3-4-8-19-14/h6-7,10,12,14H,3-5,8-9,11,17H2,1-2H3. The minimum absolute atomic E-state index is 0.141. The molecule has 0 radical (unpaired) electrons. The zero-order valence-corrected chi connectivity index (χ0v) is 12.4. The average molecular weight is 279 g/mol.